The van der Waals surface area contributed by atoms with Crippen LogP contribution >= 0.6 is 11.6 Å². The fourth-order valence-electron chi connectivity index (χ4n) is 1.61. The van der Waals surface area contributed by atoms with Gasteiger partial charge in [0.15, 0.2) is 0 Å². The van der Waals surface area contributed by atoms with Crippen LogP contribution in [0.3, 0.4) is 0 Å². The molecule has 0 bridgehead atoms. The first-order valence-electron chi connectivity index (χ1n) is 6.10. The lowest BCUT2D eigenvalue weighted by Crippen LogP contribution is -2.40. The Morgan fingerprint density at radius 1 is 1.37 bits per heavy atom. The molecule has 0 aliphatic rings. The highest BCUT2D eigenvalue weighted by Crippen LogP contribution is 2.20. The van der Waals surface area contributed by atoms with Crippen molar-refractivity contribution in [3.05, 3.63) is 28.8 Å². The van der Waals surface area contributed by atoms with Gasteiger partial charge in [0.05, 0.1) is 17.3 Å². The Hall–Kier alpha value is -1.75. The van der Waals surface area contributed by atoms with Crippen LogP contribution in [0.4, 0.5) is 5.69 Å². The number of carbonyl (C=O) groups is 2. The Morgan fingerprint density at radius 3 is 2.58 bits per heavy atom. The first-order chi connectivity index (χ1) is 8.99. The molecule has 0 unspecified atom stereocenters. The van der Waals surface area contributed by atoms with Gasteiger partial charge in [-0.1, -0.05) is 11.6 Å². The molecule has 2 amide bonds. The van der Waals surface area contributed by atoms with Crippen LogP contribution in [0.1, 0.15) is 24.2 Å². The molecule has 0 aromatic heterocycles. The highest BCUT2D eigenvalue weighted by molar-refractivity contribution is 6.33. The lowest BCUT2D eigenvalue weighted by atomic mass is 10.1. The van der Waals surface area contributed by atoms with E-state index < -0.39 is 0 Å². The van der Waals surface area contributed by atoms with Gasteiger partial charge in [-0.3, -0.25) is 9.59 Å². The van der Waals surface area contributed by atoms with Crippen LogP contribution in [0.2, 0.25) is 5.02 Å². The van der Waals surface area contributed by atoms with E-state index in [9.17, 15) is 9.59 Å². The fraction of sp³-hybridized carbons (Fsp3) is 0.385. The van der Waals surface area contributed by atoms with Gasteiger partial charge in [-0.2, -0.15) is 0 Å². The van der Waals surface area contributed by atoms with Crippen molar-refractivity contribution in [2.75, 3.05) is 25.4 Å². The van der Waals surface area contributed by atoms with E-state index >= 15 is 0 Å². The Balaban J connectivity index is 2.83. The predicted octanol–water partition coefficient (Wildman–Crippen LogP) is 1.52. The molecule has 0 spiro atoms. The summed E-state index contributed by atoms with van der Waals surface area (Å²) >= 11 is 5.81. The SMILES string of the molecule is CCNC(=O)CN(CC)C(=O)c1ccc(Cl)c(N)c1. The summed E-state index contributed by atoms with van der Waals surface area (Å²) in [5, 5.41) is 3.06. The van der Waals surface area contributed by atoms with E-state index in [0.717, 1.165) is 0 Å². The van der Waals surface area contributed by atoms with E-state index in [2.05, 4.69) is 5.32 Å². The molecule has 0 heterocycles. The molecule has 0 radical (unpaired) electrons. The molecule has 3 N–H and O–H groups in total. The van der Waals surface area contributed by atoms with E-state index in [-0.39, 0.29) is 18.4 Å². The second-order valence-electron chi connectivity index (χ2n) is 4.01. The summed E-state index contributed by atoms with van der Waals surface area (Å²) in [5.41, 5.74) is 6.44. The maximum atomic E-state index is 12.2. The number of benzene rings is 1. The normalized spacial score (nSPS) is 10.1. The number of nitrogens with two attached hydrogens (primary N) is 1. The highest BCUT2D eigenvalue weighted by Gasteiger charge is 2.17. The molecule has 0 aliphatic carbocycles. The summed E-state index contributed by atoms with van der Waals surface area (Å²) in [6.45, 7) is 4.66. The minimum absolute atomic E-state index is 0.0334. The van der Waals surface area contributed by atoms with Crippen molar-refractivity contribution < 1.29 is 9.59 Å². The number of nitrogens with zero attached hydrogens (tertiary/aromatic N) is 1. The van der Waals surface area contributed by atoms with Gasteiger partial charge < -0.3 is 16.0 Å². The van der Waals surface area contributed by atoms with Crippen LogP contribution in [-0.2, 0) is 4.79 Å². The second-order valence-corrected chi connectivity index (χ2v) is 4.42. The van der Waals surface area contributed by atoms with Crippen molar-refractivity contribution in [1.29, 1.82) is 0 Å². The number of likely N-dealkylation sites (N-methyl/N-ethyl adjacent to an activating group) is 2. The molecule has 1 rings (SSSR count). The number of rotatable bonds is 5. The molecule has 0 atom stereocenters. The van der Waals surface area contributed by atoms with Gasteiger partial charge in [0.1, 0.15) is 0 Å². The number of hydrogen-bond acceptors (Lipinski definition) is 3. The Labute approximate surface area is 117 Å². The number of halogens is 1. The molecule has 1 aromatic rings. The smallest absolute Gasteiger partial charge is 0.254 e. The molecule has 1 aromatic carbocycles. The topological polar surface area (TPSA) is 75.4 Å². The number of nitrogen functional groups attached to an aromatic ring is 1. The number of nitrogens with one attached hydrogen (secondary N) is 1. The summed E-state index contributed by atoms with van der Waals surface area (Å²) in [6, 6.07) is 4.69. The van der Waals surface area contributed by atoms with Crippen molar-refractivity contribution in [3.63, 3.8) is 0 Å². The van der Waals surface area contributed by atoms with Crippen molar-refractivity contribution in [1.82, 2.24) is 10.2 Å². The third-order valence-electron chi connectivity index (χ3n) is 2.62. The Kier molecular flexibility index (Phi) is 5.63. The first-order valence-corrected chi connectivity index (χ1v) is 6.48. The number of carbonyl (C=O) groups excluding carboxylic acids is 2. The number of anilines is 1. The third-order valence-corrected chi connectivity index (χ3v) is 2.96. The lowest BCUT2D eigenvalue weighted by Gasteiger charge is -2.20. The van der Waals surface area contributed by atoms with Gasteiger partial charge in [-0.25, -0.2) is 0 Å². The Morgan fingerprint density at radius 2 is 2.05 bits per heavy atom. The van der Waals surface area contributed by atoms with E-state index in [4.69, 9.17) is 17.3 Å². The zero-order chi connectivity index (χ0) is 14.4. The molecule has 0 aliphatic heterocycles. The van der Waals surface area contributed by atoms with E-state index in [0.29, 0.717) is 29.4 Å². The maximum absolute atomic E-state index is 12.2. The minimum Gasteiger partial charge on any atom is -0.398 e. The van der Waals surface area contributed by atoms with Gasteiger partial charge in [-0.05, 0) is 32.0 Å². The first kappa shape index (κ1) is 15.3. The standard InChI is InChI=1S/C13H18ClN3O2/c1-3-16-12(18)8-17(4-2)13(19)9-5-6-10(14)11(15)7-9/h5-7H,3-4,8,15H2,1-2H3,(H,16,18). The minimum atomic E-state index is -0.239. The molecular weight excluding hydrogens is 266 g/mol. The largest absolute Gasteiger partial charge is 0.398 e. The van der Waals surface area contributed by atoms with Gasteiger partial charge >= 0.3 is 0 Å². The highest BCUT2D eigenvalue weighted by atomic mass is 35.5. The molecule has 5 nitrogen and oxygen atoms in total. The van der Waals surface area contributed by atoms with Crippen molar-refractivity contribution in [2.45, 2.75) is 13.8 Å². The summed E-state index contributed by atoms with van der Waals surface area (Å²) in [7, 11) is 0. The summed E-state index contributed by atoms with van der Waals surface area (Å²) in [4.78, 5) is 25.2. The zero-order valence-corrected chi connectivity index (χ0v) is 11.8. The maximum Gasteiger partial charge on any atom is 0.254 e. The summed E-state index contributed by atoms with van der Waals surface area (Å²) < 4.78 is 0. The average Bonchev–Trinajstić information content (AvgIpc) is 2.38. The van der Waals surface area contributed by atoms with Crippen molar-refractivity contribution in [3.8, 4) is 0 Å². The zero-order valence-electron chi connectivity index (χ0n) is 11.1. The van der Waals surface area contributed by atoms with Crippen LogP contribution in [0, 0.1) is 0 Å². The quantitative estimate of drug-likeness (QED) is 0.805. The third kappa shape index (κ3) is 4.13. The molecule has 104 valence electrons. The predicted molar refractivity (Wildman–Crippen MR) is 76.1 cm³/mol. The van der Waals surface area contributed by atoms with E-state index in [1.165, 1.54) is 11.0 Å². The molecule has 0 saturated carbocycles. The second kappa shape index (κ2) is 6.99. The van der Waals surface area contributed by atoms with Gasteiger partial charge in [0, 0.05) is 18.7 Å². The van der Waals surface area contributed by atoms with Gasteiger partial charge in [0.25, 0.3) is 5.91 Å². The summed E-state index contributed by atoms with van der Waals surface area (Å²) in [6.07, 6.45) is 0. The molecule has 19 heavy (non-hydrogen) atoms. The van der Waals surface area contributed by atoms with Crippen LogP contribution in [-0.4, -0.2) is 36.3 Å². The molecule has 0 fully saturated rings. The fourth-order valence-corrected chi connectivity index (χ4v) is 1.73. The number of amides is 2. The summed E-state index contributed by atoms with van der Waals surface area (Å²) in [5.74, 6) is -0.420. The van der Waals surface area contributed by atoms with Crippen LogP contribution < -0.4 is 11.1 Å². The van der Waals surface area contributed by atoms with Crippen molar-refractivity contribution >= 4 is 29.1 Å². The van der Waals surface area contributed by atoms with Crippen LogP contribution in [0.25, 0.3) is 0 Å². The Bertz CT molecular complexity index is 477. The monoisotopic (exact) mass is 283 g/mol. The molecule has 0 saturated heterocycles. The lowest BCUT2D eigenvalue weighted by molar-refractivity contribution is -0.121. The van der Waals surface area contributed by atoms with Gasteiger partial charge in [0.2, 0.25) is 5.91 Å². The van der Waals surface area contributed by atoms with E-state index in [1.54, 1.807) is 12.1 Å². The number of hydrogen-bond donors (Lipinski definition) is 2. The average molecular weight is 284 g/mol. The van der Waals surface area contributed by atoms with Crippen LogP contribution in [0.5, 0.6) is 0 Å². The van der Waals surface area contributed by atoms with Crippen molar-refractivity contribution in [2.24, 2.45) is 0 Å². The molecular formula is C13H18ClN3O2. The van der Waals surface area contributed by atoms with E-state index in [1.807, 2.05) is 13.8 Å². The molecule has 6 heteroatoms. The van der Waals surface area contributed by atoms with Crippen LogP contribution in [0.15, 0.2) is 18.2 Å². The van der Waals surface area contributed by atoms with Gasteiger partial charge in [-0.15, -0.1) is 0 Å².